The predicted octanol–water partition coefficient (Wildman–Crippen LogP) is 3.06. The van der Waals surface area contributed by atoms with Crippen molar-refractivity contribution in [3.8, 4) is 5.75 Å². The minimum absolute atomic E-state index is 0.439. The van der Waals surface area contributed by atoms with Gasteiger partial charge in [0, 0.05) is 31.1 Å². The Morgan fingerprint density at radius 3 is 2.70 bits per heavy atom. The molecule has 1 unspecified atom stereocenters. The second-order valence-corrected chi connectivity index (χ2v) is 5.60. The Hall–Kier alpha value is -1.06. The van der Waals surface area contributed by atoms with Crippen LogP contribution >= 0.6 is 0 Å². The van der Waals surface area contributed by atoms with Crippen LogP contribution in [-0.4, -0.2) is 37.7 Å². The third-order valence-electron chi connectivity index (χ3n) is 4.45. The zero-order valence-corrected chi connectivity index (χ0v) is 13.3. The van der Waals surface area contributed by atoms with Crippen LogP contribution in [-0.2, 0) is 0 Å². The monoisotopic (exact) mass is 276 g/mol. The van der Waals surface area contributed by atoms with E-state index in [9.17, 15) is 0 Å². The minimum atomic E-state index is 0.439. The maximum Gasteiger partial charge on any atom is 0.127 e. The zero-order chi connectivity index (χ0) is 14.5. The Morgan fingerprint density at radius 2 is 2.00 bits per heavy atom. The second kappa shape index (κ2) is 7.09. The molecule has 0 aromatic heterocycles. The summed E-state index contributed by atoms with van der Waals surface area (Å²) in [5, 5.41) is 3.70. The third-order valence-corrected chi connectivity index (χ3v) is 4.45. The molecule has 1 aliphatic heterocycles. The summed E-state index contributed by atoms with van der Waals surface area (Å²) in [6.07, 6.45) is 1.06. The van der Waals surface area contributed by atoms with Gasteiger partial charge in [0.2, 0.25) is 0 Å². The maximum atomic E-state index is 5.88. The van der Waals surface area contributed by atoms with E-state index in [0.717, 1.165) is 45.0 Å². The molecule has 1 aromatic rings. The number of aryl methyl sites for hydroxylation is 1. The molecule has 1 heterocycles. The minimum Gasteiger partial charge on any atom is -0.493 e. The lowest BCUT2D eigenvalue weighted by Gasteiger charge is -2.29. The summed E-state index contributed by atoms with van der Waals surface area (Å²) in [5.41, 5.74) is 3.93. The fourth-order valence-corrected chi connectivity index (χ4v) is 2.86. The van der Waals surface area contributed by atoms with Gasteiger partial charge in [-0.25, -0.2) is 0 Å². The first kappa shape index (κ1) is 15.3. The summed E-state index contributed by atoms with van der Waals surface area (Å²) in [6, 6.07) is 4.88. The van der Waals surface area contributed by atoms with Crippen LogP contribution in [0.3, 0.4) is 0 Å². The molecule has 0 saturated heterocycles. The van der Waals surface area contributed by atoms with Gasteiger partial charge in [0.05, 0.1) is 6.61 Å². The van der Waals surface area contributed by atoms with E-state index in [1.54, 1.807) is 0 Å². The Morgan fingerprint density at radius 1 is 1.25 bits per heavy atom. The number of hydrogen-bond donors (Lipinski definition) is 1. The van der Waals surface area contributed by atoms with E-state index in [-0.39, 0.29) is 0 Å². The number of nitrogens with one attached hydrogen (secondary N) is 1. The highest BCUT2D eigenvalue weighted by molar-refractivity contribution is 5.47. The zero-order valence-electron chi connectivity index (χ0n) is 13.3. The molecule has 1 N–H and O–H groups in total. The fourth-order valence-electron chi connectivity index (χ4n) is 2.86. The van der Waals surface area contributed by atoms with Gasteiger partial charge in [0.15, 0.2) is 0 Å². The van der Waals surface area contributed by atoms with Gasteiger partial charge >= 0.3 is 0 Å². The summed E-state index contributed by atoms with van der Waals surface area (Å²) in [4.78, 5) is 2.45. The van der Waals surface area contributed by atoms with Crippen LogP contribution in [0.25, 0.3) is 0 Å². The third kappa shape index (κ3) is 3.33. The van der Waals surface area contributed by atoms with Crippen molar-refractivity contribution in [3.63, 3.8) is 0 Å². The van der Waals surface area contributed by atoms with Crippen LogP contribution in [0, 0.1) is 13.8 Å². The van der Waals surface area contributed by atoms with Crippen molar-refractivity contribution in [2.45, 2.75) is 40.2 Å². The highest BCUT2D eigenvalue weighted by atomic mass is 16.5. The van der Waals surface area contributed by atoms with Gasteiger partial charge in [0.25, 0.3) is 0 Å². The molecular weight excluding hydrogens is 248 g/mol. The van der Waals surface area contributed by atoms with Crippen LogP contribution in [0.1, 0.15) is 43.0 Å². The van der Waals surface area contributed by atoms with Gasteiger partial charge in [-0.2, -0.15) is 0 Å². The number of ether oxygens (including phenoxy) is 1. The van der Waals surface area contributed by atoms with E-state index in [1.165, 1.54) is 16.7 Å². The molecule has 0 amide bonds. The Bertz CT molecular complexity index is 441. The van der Waals surface area contributed by atoms with Gasteiger partial charge < -0.3 is 15.0 Å². The smallest absolute Gasteiger partial charge is 0.127 e. The Balaban J connectivity index is 2.00. The molecule has 0 saturated carbocycles. The molecule has 1 atom stereocenters. The first-order valence-corrected chi connectivity index (χ1v) is 7.86. The van der Waals surface area contributed by atoms with Crippen molar-refractivity contribution in [1.82, 2.24) is 10.2 Å². The molecule has 3 heteroatoms. The average Bonchev–Trinajstić information content (AvgIpc) is 2.48. The van der Waals surface area contributed by atoms with Crippen LogP contribution in [0.4, 0.5) is 0 Å². The van der Waals surface area contributed by atoms with Crippen LogP contribution in [0.5, 0.6) is 5.75 Å². The molecule has 0 bridgehead atoms. The Kier molecular flexibility index (Phi) is 5.44. The lowest BCUT2D eigenvalue weighted by Crippen LogP contribution is -2.35. The van der Waals surface area contributed by atoms with E-state index < -0.39 is 0 Å². The summed E-state index contributed by atoms with van der Waals surface area (Å²) in [7, 11) is 0. The summed E-state index contributed by atoms with van der Waals surface area (Å²) < 4.78 is 5.88. The number of fused-ring (bicyclic) bond motifs is 1. The molecule has 112 valence electrons. The fraction of sp³-hybridized carbons (Fsp3) is 0.647. The molecule has 1 aromatic carbocycles. The van der Waals surface area contributed by atoms with E-state index in [0.29, 0.717) is 6.04 Å². The molecule has 3 nitrogen and oxygen atoms in total. The van der Waals surface area contributed by atoms with Gasteiger partial charge in [-0.3, -0.25) is 0 Å². The predicted molar refractivity (Wildman–Crippen MR) is 84.6 cm³/mol. The standard InChI is InChI=1S/C17H28N2O/c1-5-19(6-2)11-10-18-16-9-12-20-17-14(4)13(3)7-8-15(16)17/h7-8,16,18H,5-6,9-12H2,1-4H3. The molecule has 1 aliphatic rings. The average molecular weight is 276 g/mol. The largest absolute Gasteiger partial charge is 0.493 e. The van der Waals surface area contributed by atoms with Gasteiger partial charge in [-0.15, -0.1) is 0 Å². The van der Waals surface area contributed by atoms with Gasteiger partial charge in [0.1, 0.15) is 5.75 Å². The molecule has 0 fully saturated rings. The van der Waals surface area contributed by atoms with E-state index >= 15 is 0 Å². The van der Waals surface area contributed by atoms with Crippen LogP contribution in [0.15, 0.2) is 12.1 Å². The van der Waals surface area contributed by atoms with Crippen molar-refractivity contribution in [3.05, 3.63) is 28.8 Å². The molecule has 2 rings (SSSR count). The van der Waals surface area contributed by atoms with E-state index in [2.05, 4.69) is 50.0 Å². The van der Waals surface area contributed by atoms with Crippen molar-refractivity contribution in [1.29, 1.82) is 0 Å². The van der Waals surface area contributed by atoms with Gasteiger partial charge in [-0.1, -0.05) is 26.0 Å². The topological polar surface area (TPSA) is 24.5 Å². The number of likely N-dealkylation sites (N-methyl/N-ethyl adjacent to an activating group) is 1. The normalized spacial score (nSPS) is 17.9. The quantitative estimate of drug-likeness (QED) is 0.864. The molecule has 0 aliphatic carbocycles. The highest BCUT2D eigenvalue weighted by Crippen LogP contribution is 2.35. The highest BCUT2D eigenvalue weighted by Gasteiger charge is 2.22. The van der Waals surface area contributed by atoms with Crippen molar-refractivity contribution in [2.75, 3.05) is 32.8 Å². The molecular formula is C17H28N2O. The van der Waals surface area contributed by atoms with E-state index in [1.807, 2.05) is 0 Å². The maximum absolute atomic E-state index is 5.88. The number of nitrogens with zero attached hydrogens (tertiary/aromatic N) is 1. The second-order valence-electron chi connectivity index (χ2n) is 5.60. The van der Waals surface area contributed by atoms with Crippen molar-refractivity contribution < 1.29 is 4.74 Å². The van der Waals surface area contributed by atoms with Crippen molar-refractivity contribution in [2.24, 2.45) is 0 Å². The lowest BCUT2D eigenvalue weighted by atomic mass is 9.95. The SMILES string of the molecule is CCN(CC)CCNC1CCOc2c1ccc(C)c2C. The first-order valence-electron chi connectivity index (χ1n) is 7.86. The number of benzene rings is 1. The van der Waals surface area contributed by atoms with E-state index in [4.69, 9.17) is 4.74 Å². The molecule has 20 heavy (non-hydrogen) atoms. The first-order chi connectivity index (χ1) is 9.67. The molecule has 0 radical (unpaired) electrons. The van der Waals surface area contributed by atoms with Gasteiger partial charge in [-0.05, 0) is 38.1 Å². The summed E-state index contributed by atoms with van der Waals surface area (Å²) >= 11 is 0. The number of hydrogen-bond acceptors (Lipinski definition) is 3. The van der Waals surface area contributed by atoms with Crippen LogP contribution < -0.4 is 10.1 Å². The number of rotatable bonds is 6. The van der Waals surface area contributed by atoms with Crippen molar-refractivity contribution >= 4 is 0 Å². The lowest BCUT2D eigenvalue weighted by molar-refractivity contribution is 0.241. The van der Waals surface area contributed by atoms with Crippen LogP contribution in [0.2, 0.25) is 0 Å². The Labute approximate surface area is 123 Å². The molecule has 0 spiro atoms. The summed E-state index contributed by atoms with van der Waals surface area (Å²) in [6.45, 7) is 14.0. The summed E-state index contributed by atoms with van der Waals surface area (Å²) in [5.74, 6) is 1.11.